The van der Waals surface area contributed by atoms with Crippen LogP contribution in [0.3, 0.4) is 0 Å². The molecule has 1 aromatic carbocycles. The van der Waals surface area contributed by atoms with E-state index in [2.05, 4.69) is 23.2 Å². The molecule has 1 aliphatic carbocycles. The van der Waals surface area contributed by atoms with Crippen molar-refractivity contribution in [2.45, 2.75) is 38.8 Å². The van der Waals surface area contributed by atoms with Crippen LogP contribution in [0.2, 0.25) is 0 Å². The largest absolute Gasteiger partial charge is 0.342 e. The van der Waals surface area contributed by atoms with E-state index in [9.17, 15) is 4.79 Å². The molecule has 4 heteroatoms. The van der Waals surface area contributed by atoms with Crippen molar-refractivity contribution in [1.82, 2.24) is 10.2 Å². The molecule has 3 rings (SSSR count). The summed E-state index contributed by atoms with van der Waals surface area (Å²) < 4.78 is 0. The maximum atomic E-state index is 12.1. The molecule has 2 aliphatic rings. The Bertz CT molecular complexity index is 588. The van der Waals surface area contributed by atoms with Gasteiger partial charge in [-0.15, -0.1) is 0 Å². The van der Waals surface area contributed by atoms with Crippen LogP contribution in [0.4, 0.5) is 0 Å². The number of hydrogen-bond donors (Lipinski definition) is 1. The van der Waals surface area contributed by atoms with Gasteiger partial charge in [0.1, 0.15) is 0 Å². The van der Waals surface area contributed by atoms with Gasteiger partial charge in [-0.05, 0) is 42.9 Å². The normalized spacial score (nSPS) is 24.8. The number of nitrogens with one attached hydrogen (secondary N) is 1. The van der Waals surface area contributed by atoms with Gasteiger partial charge in [-0.25, -0.2) is 0 Å². The summed E-state index contributed by atoms with van der Waals surface area (Å²) in [6.07, 6.45) is 3.18. The molecule has 4 nitrogen and oxygen atoms in total. The standard InChI is InChI=1S/C18H23N3O/c1-13-12-21(18(22)16-5-6-16)8-7-17(13)20-11-15-4-2-3-14(9-15)10-19/h2-4,9,13,16-17,20H,5-8,11-12H2,1H3/t13-,17-/m0/s1. The summed E-state index contributed by atoms with van der Waals surface area (Å²) in [5, 5.41) is 12.5. The summed E-state index contributed by atoms with van der Waals surface area (Å²) in [6.45, 7) is 4.73. The Hall–Kier alpha value is -1.86. The molecule has 1 saturated carbocycles. The summed E-state index contributed by atoms with van der Waals surface area (Å²) in [7, 11) is 0. The van der Waals surface area contributed by atoms with Crippen LogP contribution >= 0.6 is 0 Å². The molecule has 2 atom stereocenters. The number of hydrogen-bond acceptors (Lipinski definition) is 3. The molecule has 2 fully saturated rings. The lowest BCUT2D eigenvalue weighted by Gasteiger charge is -2.37. The average Bonchev–Trinajstić information content (AvgIpc) is 3.38. The number of nitriles is 1. The Labute approximate surface area is 132 Å². The first-order chi connectivity index (χ1) is 10.7. The van der Waals surface area contributed by atoms with Gasteiger partial charge < -0.3 is 10.2 Å². The highest BCUT2D eigenvalue weighted by Gasteiger charge is 2.36. The number of piperidine rings is 1. The fourth-order valence-corrected chi connectivity index (χ4v) is 3.24. The lowest BCUT2D eigenvalue weighted by molar-refractivity contribution is -0.134. The van der Waals surface area contributed by atoms with Gasteiger partial charge in [-0.2, -0.15) is 5.26 Å². The lowest BCUT2D eigenvalue weighted by Crippen LogP contribution is -2.50. The number of carbonyl (C=O) groups excluding carboxylic acids is 1. The second-order valence-electron chi connectivity index (χ2n) is 6.62. The van der Waals surface area contributed by atoms with Crippen LogP contribution in [0, 0.1) is 23.2 Å². The van der Waals surface area contributed by atoms with Gasteiger partial charge in [0, 0.05) is 31.6 Å². The molecule has 22 heavy (non-hydrogen) atoms. The topological polar surface area (TPSA) is 56.1 Å². The van der Waals surface area contributed by atoms with Crippen LogP contribution in [0.25, 0.3) is 0 Å². The van der Waals surface area contributed by atoms with Crippen molar-refractivity contribution < 1.29 is 4.79 Å². The number of nitrogens with zero attached hydrogens (tertiary/aromatic N) is 2. The summed E-state index contributed by atoms with van der Waals surface area (Å²) in [5.74, 6) is 1.16. The maximum Gasteiger partial charge on any atom is 0.225 e. The van der Waals surface area contributed by atoms with Gasteiger partial charge in [0.15, 0.2) is 0 Å². The number of rotatable bonds is 4. The van der Waals surface area contributed by atoms with Crippen LogP contribution in [0.15, 0.2) is 24.3 Å². The Morgan fingerprint density at radius 3 is 2.91 bits per heavy atom. The van der Waals surface area contributed by atoms with E-state index in [0.717, 1.165) is 44.5 Å². The third-order valence-electron chi connectivity index (χ3n) is 4.77. The van der Waals surface area contributed by atoms with Crippen molar-refractivity contribution in [3.05, 3.63) is 35.4 Å². The Morgan fingerprint density at radius 1 is 1.41 bits per heavy atom. The summed E-state index contributed by atoms with van der Waals surface area (Å²) in [6, 6.07) is 10.3. The van der Waals surface area contributed by atoms with Crippen molar-refractivity contribution in [2.24, 2.45) is 11.8 Å². The Kier molecular flexibility index (Phi) is 4.44. The molecule has 1 aromatic rings. The summed E-state index contributed by atoms with van der Waals surface area (Å²) in [4.78, 5) is 14.2. The second kappa shape index (κ2) is 6.50. The molecule has 0 bridgehead atoms. The smallest absolute Gasteiger partial charge is 0.225 e. The molecule has 1 saturated heterocycles. The van der Waals surface area contributed by atoms with E-state index < -0.39 is 0 Å². The van der Waals surface area contributed by atoms with Gasteiger partial charge in [-0.3, -0.25) is 4.79 Å². The van der Waals surface area contributed by atoms with Crippen LogP contribution < -0.4 is 5.32 Å². The third-order valence-corrected chi connectivity index (χ3v) is 4.77. The van der Waals surface area contributed by atoms with E-state index in [0.29, 0.717) is 29.3 Å². The van der Waals surface area contributed by atoms with E-state index >= 15 is 0 Å². The highest BCUT2D eigenvalue weighted by Crippen LogP contribution is 2.32. The van der Waals surface area contributed by atoms with Crippen LogP contribution in [-0.4, -0.2) is 29.9 Å². The molecular formula is C18H23N3O. The highest BCUT2D eigenvalue weighted by atomic mass is 16.2. The third kappa shape index (κ3) is 3.48. The molecule has 1 aliphatic heterocycles. The van der Waals surface area contributed by atoms with Gasteiger partial charge >= 0.3 is 0 Å². The molecule has 1 N–H and O–H groups in total. The van der Waals surface area contributed by atoms with Crippen molar-refractivity contribution in [3.63, 3.8) is 0 Å². The predicted octanol–water partition coefficient (Wildman–Crippen LogP) is 2.29. The fourth-order valence-electron chi connectivity index (χ4n) is 3.24. The number of carbonyl (C=O) groups is 1. The molecule has 0 aromatic heterocycles. The van der Waals surface area contributed by atoms with Crippen molar-refractivity contribution >= 4 is 5.91 Å². The molecule has 0 unspecified atom stereocenters. The van der Waals surface area contributed by atoms with Gasteiger partial charge in [0.2, 0.25) is 5.91 Å². The first-order valence-corrected chi connectivity index (χ1v) is 8.18. The molecular weight excluding hydrogens is 274 g/mol. The zero-order chi connectivity index (χ0) is 15.5. The Morgan fingerprint density at radius 2 is 2.23 bits per heavy atom. The van der Waals surface area contributed by atoms with Crippen LogP contribution in [0.5, 0.6) is 0 Å². The average molecular weight is 297 g/mol. The minimum Gasteiger partial charge on any atom is -0.342 e. The van der Waals surface area contributed by atoms with E-state index in [1.54, 1.807) is 0 Å². The van der Waals surface area contributed by atoms with E-state index in [1.165, 1.54) is 0 Å². The minimum absolute atomic E-state index is 0.324. The fraction of sp³-hybridized carbons (Fsp3) is 0.556. The first kappa shape index (κ1) is 15.1. The SMILES string of the molecule is C[C@H]1CN(C(=O)C2CC2)CC[C@@H]1NCc1cccc(C#N)c1. The lowest BCUT2D eigenvalue weighted by atomic mass is 9.93. The number of amides is 1. The summed E-state index contributed by atoms with van der Waals surface area (Å²) in [5.41, 5.74) is 1.85. The quantitative estimate of drug-likeness (QED) is 0.927. The minimum atomic E-state index is 0.324. The van der Waals surface area contributed by atoms with Crippen molar-refractivity contribution in [1.29, 1.82) is 5.26 Å². The van der Waals surface area contributed by atoms with Crippen LogP contribution in [0.1, 0.15) is 37.3 Å². The van der Waals surface area contributed by atoms with Crippen LogP contribution in [-0.2, 0) is 11.3 Å². The predicted molar refractivity (Wildman–Crippen MR) is 84.9 cm³/mol. The van der Waals surface area contributed by atoms with Crippen molar-refractivity contribution in [3.8, 4) is 6.07 Å². The molecule has 1 heterocycles. The Balaban J connectivity index is 1.51. The molecule has 0 spiro atoms. The first-order valence-electron chi connectivity index (χ1n) is 8.18. The highest BCUT2D eigenvalue weighted by molar-refractivity contribution is 5.81. The van der Waals surface area contributed by atoms with Gasteiger partial charge in [0.05, 0.1) is 11.6 Å². The van der Waals surface area contributed by atoms with E-state index in [1.807, 2.05) is 24.3 Å². The number of likely N-dealkylation sites (tertiary alicyclic amines) is 1. The molecule has 0 radical (unpaired) electrons. The van der Waals surface area contributed by atoms with Gasteiger partial charge in [0.25, 0.3) is 0 Å². The maximum absolute atomic E-state index is 12.1. The zero-order valence-electron chi connectivity index (χ0n) is 13.1. The van der Waals surface area contributed by atoms with E-state index in [-0.39, 0.29) is 0 Å². The summed E-state index contributed by atoms with van der Waals surface area (Å²) >= 11 is 0. The van der Waals surface area contributed by atoms with Crippen molar-refractivity contribution in [2.75, 3.05) is 13.1 Å². The second-order valence-corrected chi connectivity index (χ2v) is 6.62. The van der Waals surface area contributed by atoms with Gasteiger partial charge in [-0.1, -0.05) is 19.1 Å². The zero-order valence-corrected chi connectivity index (χ0v) is 13.1. The monoisotopic (exact) mass is 297 g/mol. The number of benzene rings is 1. The van der Waals surface area contributed by atoms with E-state index in [4.69, 9.17) is 5.26 Å². The molecule has 116 valence electrons. The molecule has 1 amide bonds.